The van der Waals surface area contributed by atoms with Gasteiger partial charge in [0.1, 0.15) is 17.3 Å². The first-order valence-electron chi connectivity index (χ1n) is 9.11. The van der Waals surface area contributed by atoms with Crippen LogP contribution < -0.4 is 4.74 Å². The fraction of sp³-hybridized carbons (Fsp3) is 0.400. The maximum absolute atomic E-state index is 10.5. The van der Waals surface area contributed by atoms with E-state index in [1.165, 1.54) is 0 Å². The van der Waals surface area contributed by atoms with Gasteiger partial charge in [-0.25, -0.2) is 4.98 Å². The molecule has 1 saturated heterocycles. The van der Waals surface area contributed by atoms with Crippen molar-refractivity contribution in [3.8, 4) is 11.4 Å². The Kier molecular flexibility index (Phi) is 4.96. The number of aliphatic hydroxyl groups excluding tert-OH is 1. The molecule has 3 heterocycles. The molecule has 1 aromatic carbocycles. The van der Waals surface area contributed by atoms with Crippen molar-refractivity contribution in [2.24, 2.45) is 5.92 Å². The lowest BCUT2D eigenvalue weighted by Crippen LogP contribution is -2.23. The van der Waals surface area contributed by atoms with Crippen LogP contribution in [0.3, 0.4) is 0 Å². The van der Waals surface area contributed by atoms with Crippen LogP contribution >= 0.6 is 0 Å². The van der Waals surface area contributed by atoms with Crippen molar-refractivity contribution in [3.05, 3.63) is 60.0 Å². The van der Waals surface area contributed by atoms with E-state index in [1.54, 1.807) is 13.3 Å². The predicted octanol–water partition coefficient (Wildman–Crippen LogP) is 2.21. The summed E-state index contributed by atoms with van der Waals surface area (Å²) < 4.78 is 12.6. The number of benzene rings is 1. The quantitative estimate of drug-likeness (QED) is 0.719. The van der Waals surface area contributed by atoms with E-state index >= 15 is 0 Å². The van der Waals surface area contributed by atoms with Gasteiger partial charge in [0.2, 0.25) is 0 Å². The number of nitrogens with zero attached hydrogens (tertiary/aromatic N) is 4. The molecule has 1 aliphatic heterocycles. The molecule has 2 aromatic heterocycles. The summed E-state index contributed by atoms with van der Waals surface area (Å²) in [5, 5.41) is 14.4. The second-order valence-electron chi connectivity index (χ2n) is 7.07. The van der Waals surface area contributed by atoms with Crippen molar-refractivity contribution in [2.45, 2.75) is 26.0 Å². The molecule has 0 amide bonds. The average Bonchev–Trinajstić information content (AvgIpc) is 3.37. The summed E-state index contributed by atoms with van der Waals surface area (Å²) in [5.74, 6) is 2.75. The number of methoxy groups -OCH3 is 1. The molecular formula is C20H24N4O3. The molecule has 4 rings (SSSR count). The molecule has 0 bridgehead atoms. The Morgan fingerprint density at radius 2 is 2.07 bits per heavy atom. The summed E-state index contributed by atoms with van der Waals surface area (Å²) in [7, 11) is 1.66. The Balaban J connectivity index is 1.43. The highest BCUT2D eigenvalue weighted by Crippen LogP contribution is 2.24. The molecule has 1 fully saturated rings. The Hall–Kier alpha value is -2.64. The van der Waals surface area contributed by atoms with Crippen molar-refractivity contribution >= 4 is 0 Å². The molecule has 3 aromatic rings. The van der Waals surface area contributed by atoms with Crippen molar-refractivity contribution in [1.82, 2.24) is 19.6 Å². The summed E-state index contributed by atoms with van der Waals surface area (Å²) >= 11 is 0. The highest BCUT2D eigenvalue weighted by molar-refractivity contribution is 5.38. The minimum Gasteiger partial charge on any atom is -0.497 e. The van der Waals surface area contributed by atoms with E-state index in [4.69, 9.17) is 9.26 Å². The maximum Gasteiger partial charge on any atom is 0.137 e. The lowest BCUT2D eigenvalue weighted by atomic mass is 10.0. The third kappa shape index (κ3) is 3.89. The molecular weight excluding hydrogens is 344 g/mol. The van der Waals surface area contributed by atoms with Crippen LogP contribution in [0.5, 0.6) is 5.75 Å². The first-order chi connectivity index (χ1) is 13.1. The van der Waals surface area contributed by atoms with Crippen LogP contribution in [0.15, 0.2) is 47.2 Å². The molecule has 7 heteroatoms. The third-order valence-corrected chi connectivity index (χ3v) is 5.06. The Labute approximate surface area is 158 Å². The molecule has 0 unspecified atom stereocenters. The molecule has 0 spiro atoms. The van der Waals surface area contributed by atoms with E-state index in [1.807, 2.05) is 43.5 Å². The lowest BCUT2D eigenvalue weighted by molar-refractivity contribution is 0.137. The highest BCUT2D eigenvalue weighted by atomic mass is 16.5. The van der Waals surface area contributed by atoms with Gasteiger partial charge in [0.15, 0.2) is 0 Å². The van der Waals surface area contributed by atoms with Gasteiger partial charge in [0.25, 0.3) is 0 Å². The van der Waals surface area contributed by atoms with Gasteiger partial charge in [-0.15, -0.1) is 0 Å². The zero-order valence-corrected chi connectivity index (χ0v) is 15.6. The largest absolute Gasteiger partial charge is 0.497 e. The second-order valence-corrected chi connectivity index (χ2v) is 7.07. The summed E-state index contributed by atoms with van der Waals surface area (Å²) in [5.41, 5.74) is 1.91. The van der Waals surface area contributed by atoms with Gasteiger partial charge in [-0.3, -0.25) is 4.90 Å². The van der Waals surface area contributed by atoms with Gasteiger partial charge in [-0.05, 0) is 31.2 Å². The van der Waals surface area contributed by atoms with Crippen LogP contribution in [-0.4, -0.2) is 51.0 Å². The second kappa shape index (κ2) is 7.54. The fourth-order valence-electron chi connectivity index (χ4n) is 3.67. The lowest BCUT2D eigenvalue weighted by Gasteiger charge is -2.16. The highest BCUT2D eigenvalue weighted by Gasteiger charge is 2.32. The number of hydrogen-bond acceptors (Lipinski definition) is 6. The van der Waals surface area contributed by atoms with Crippen LogP contribution in [0.2, 0.25) is 0 Å². The van der Waals surface area contributed by atoms with Crippen LogP contribution in [-0.2, 0) is 13.0 Å². The minimum absolute atomic E-state index is 0.141. The van der Waals surface area contributed by atoms with E-state index in [9.17, 15) is 5.11 Å². The maximum atomic E-state index is 10.5. The number of β-amino-alcohol motifs (C(OH)–C–C–N with tert-alkyl or cyclic N) is 1. The molecule has 0 saturated carbocycles. The number of aromatic nitrogens is 3. The van der Waals surface area contributed by atoms with E-state index in [0.717, 1.165) is 35.3 Å². The standard InChI is InChI=1S/C20H24N4O3/c1-14-9-18(27-22-14)10-15-11-23(12-19(15)25)13-20-21-7-8-24(20)16-3-5-17(26-2)6-4-16/h3-9,15,19,25H,10-13H2,1-2H3/t15-,19+/m1/s1. The number of aryl methyl sites for hydroxylation is 1. The summed E-state index contributed by atoms with van der Waals surface area (Å²) in [6.45, 7) is 4.02. The van der Waals surface area contributed by atoms with Crippen LogP contribution in [0.25, 0.3) is 5.69 Å². The summed E-state index contributed by atoms with van der Waals surface area (Å²) in [6.07, 6.45) is 4.09. The molecule has 2 atom stereocenters. The summed E-state index contributed by atoms with van der Waals surface area (Å²) in [4.78, 5) is 6.75. The van der Waals surface area contributed by atoms with Gasteiger partial charge in [-0.2, -0.15) is 0 Å². The Bertz CT molecular complexity index is 887. The molecule has 27 heavy (non-hydrogen) atoms. The Morgan fingerprint density at radius 3 is 2.78 bits per heavy atom. The van der Waals surface area contributed by atoms with Crippen LogP contribution in [0, 0.1) is 12.8 Å². The van der Waals surface area contributed by atoms with Crippen LogP contribution in [0.1, 0.15) is 17.3 Å². The van der Waals surface area contributed by atoms with E-state index in [-0.39, 0.29) is 12.0 Å². The SMILES string of the molecule is COc1ccc(-n2ccnc2CN2C[C@@H](Cc3cc(C)no3)[C@@H](O)C2)cc1. The molecule has 0 radical (unpaired) electrons. The van der Waals surface area contributed by atoms with Gasteiger partial charge in [0, 0.05) is 49.6 Å². The number of rotatable bonds is 6. The van der Waals surface area contributed by atoms with Gasteiger partial charge < -0.3 is 18.9 Å². The van der Waals surface area contributed by atoms with Gasteiger partial charge in [-0.1, -0.05) is 5.16 Å². The number of ether oxygens (including phenoxy) is 1. The first kappa shape index (κ1) is 17.8. The van der Waals surface area contributed by atoms with Gasteiger partial charge in [0.05, 0.1) is 25.5 Å². The zero-order valence-electron chi connectivity index (χ0n) is 15.6. The molecule has 1 aliphatic rings. The number of aliphatic hydroxyl groups is 1. The number of hydrogen-bond donors (Lipinski definition) is 1. The average molecular weight is 368 g/mol. The topological polar surface area (TPSA) is 76.5 Å². The van der Waals surface area contributed by atoms with Crippen molar-refractivity contribution in [2.75, 3.05) is 20.2 Å². The van der Waals surface area contributed by atoms with Crippen molar-refractivity contribution < 1.29 is 14.4 Å². The molecule has 1 N–H and O–H groups in total. The molecule has 7 nitrogen and oxygen atoms in total. The third-order valence-electron chi connectivity index (χ3n) is 5.06. The number of likely N-dealkylation sites (tertiary alicyclic amines) is 1. The predicted molar refractivity (Wildman–Crippen MR) is 99.8 cm³/mol. The molecule has 142 valence electrons. The first-order valence-corrected chi connectivity index (χ1v) is 9.11. The van der Waals surface area contributed by atoms with Gasteiger partial charge >= 0.3 is 0 Å². The van der Waals surface area contributed by atoms with Crippen molar-refractivity contribution in [3.63, 3.8) is 0 Å². The summed E-state index contributed by atoms with van der Waals surface area (Å²) in [6, 6.07) is 9.84. The Morgan fingerprint density at radius 1 is 1.26 bits per heavy atom. The fourth-order valence-corrected chi connectivity index (χ4v) is 3.67. The minimum atomic E-state index is -0.375. The zero-order chi connectivity index (χ0) is 18.8. The van der Waals surface area contributed by atoms with Crippen molar-refractivity contribution in [1.29, 1.82) is 0 Å². The smallest absolute Gasteiger partial charge is 0.137 e. The number of imidazole rings is 1. The van der Waals surface area contributed by atoms with Crippen LogP contribution in [0.4, 0.5) is 0 Å². The van der Waals surface area contributed by atoms with E-state index < -0.39 is 0 Å². The van der Waals surface area contributed by atoms with E-state index in [0.29, 0.717) is 19.5 Å². The molecule has 0 aliphatic carbocycles. The van der Waals surface area contributed by atoms with E-state index in [2.05, 4.69) is 19.6 Å². The normalized spacial score (nSPS) is 20.3. The monoisotopic (exact) mass is 368 g/mol.